The average molecular weight is 715 g/mol. The van der Waals surface area contributed by atoms with Gasteiger partial charge in [-0.3, -0.25) is 4.90 Å². The number of alkyl halides is 4. The third-order valence-electron chi connectivity index (χ3n) is 7.48. The summed E-state index contributed by atoms with van der Waals surface area (Å²) in [5.41, 5.74) is -9.97. The van der Waals surface area contributed by atoms with Crippen LogP contribution >= 0.6 is 0 Å². The molecule has 4 N–H and O–H groups in total. The first-order valence-corrected chi connectivity index (χ1v) is 15.2. The minimum absolute atomic E-state index is 0.184. The van der Waals surface area contributed by atoms with Gasteiger partial charge in [-0.05, 0) is 81.4 Å². The number of carboxylic acid groups (broad SMARTS) is 1. The van der Waals surface area contributed by atoms with Gasteiger partial charge < -0.3 is 25.4 Å². The van der Waals surface area contributed by atoms with E-state index in [1.165, 1.54) is 38.1 Å². The van der Waals surface area contributed by atoms with Gasteiger partial charge in [0, 0.05) is 16.7 Å². The molecule has 1 unspecified atom stereocenters. The Bertz CT molecular complexity index is 1630. The van der Waals surface area contributed by atoms with Gasteiger partial charge in [-0.1, -0.05) is 36.1 Å². The number of ether oxygens (including phenoxy) is 1. The molecule has 0 aliphatic heterocycles. The van der Waals surface area contributed by atoms with Crippen molar-refractivity contribution in [2.24, 2.45) is 0 Å². The molecule has 0 spiro atoms. The van der Waals surface area contributed by atoms with E-state index in [2.05, 4.69) is 5.32 Å². The number of rotatable bonds is 8. The largest absolute Gasteiger partial charge is 0.465 e. The van der Waals surface area contributed by atoms with E-state index in [-0.39, 0.29) is 11.1 Å². The van der Waals surface area contributed by atoms with Gasteiger partial charge in [0.15, 0.2) is 11.2 Å². The standard InChI is InChI=1S/2C18H22F3NO3/c1-7-17(6,24)18(20,21)13-10-8-9-12(14(13)19)11(2)22-15(23)25-16(3,4)5;1-7-17(6,25)18(20,21)13-10-8-9-12(14(13)19)11(2)22(15(23)24)16(3,4)5/h1,8-11,24H,2-6H3,(H,22,23);1,8-11,25H,2-6H3,(H,23,24)/t11-,17-;11-,17?/m11/s1. The molecule has 2 amide bonds. The summed E-state index contributed by atoms with van der Waals surface area (Å²) in [4.78, 5) is 24.3. The Hall–Kier alpha value is -4.40. The van der Waals surface area contributed by atoms with E-state index >= 15 is 0 Å². The Morgan fingerprint density at radius 3 is 1.50 bits per heavy atom. The molecule has 4 atom stereocenters. The molecule has 0 fully saturated rings. The van der Waals surface area contributed by atoms with Crippen LogP contribution in [0.2, 0.25) is 0 Å². The predicted octanol–water partition coefficient (Wildman–Crippen LogP) is 8.03. The molecule has 0 aliphatic rings. The van der Waals surface area contributed by atoms with Gasteiger partial charge in [-0.25, -0.2) is 18.4 Å². The van der Waals surface area contributed by atoms with Crippen molar-refractivity contribution >= 4 is 12.2 Å². The highest BCUT2D eigenvalue weighted by Crippen LogP contribution is 2.43. The zero-order chi connectivity index (χ0) is 39.4. The number of amides is 2. The number of halogens is 6. The number of nitrogens with zero attached hydrogens (tertiary/aromatic N) is 1. The van der Waals surface area contributed by atoms with Crippen LogP contribution in [0.1, 0.15) is 104 Å². The fourth-order valence-corrected chi connectivity index (χ4v) is 4.68. The summed E-state index contributed by atoms with van der Waals surface area (Å²) in [6.45, 7) is 14.0. The number of carbonyl (C=O) groups is 2. The average Bonchev–Trinajstić information content (AvgIpc) is 2.95. The number of carbonyl (C=O) groups excluding carboxylic acids is 1. The molecular formula is C36H44F6N2O6. The maximum Gasteiger partial charge on any atom is 0.408 e. The molecule has 0 radical (unpaired) electrons. The van der Waals surface area contributed by atoms with Gasteiger partial charge in [0.05, 0.1) is 23.2 Å². The first kappa shape index (κ1) is 43.6. The monoisotopic (exact) mass is 714 g/mol. The van der Waals surface area contributed by atoms with Crippen LogP contribution in [-0.2, 0) is 16.6 Å². The van der Waals surface area contributed by atoms with Crippen molar-refractivity contribution < 1.29 is 56.0 Å². The lowest BCUT2D eigenvalue weighted by atomic mass is 9.89. The van der Waals surface area contributed by atoms with Gasteiger partial charge in [0.2, 0.25) is 0 Å². The molecule has 2 rings (SSSR count). The molecule has 14 heteroatoms. The number of nitrogens with one attached hydrogen (secondary N) is 1. The van der Waals surface area contributed by atoms with E-state index in [0.717, 1.165) is 24.0 Å². The number of hydrogen-bond donors (Lipinski definition) is 4. The second-order valence-corrected chi connectivity index (χ2v) is 13.9. The Labute approximate surface area is 288 Å². The highest BCUT2D eigenvalue weighted by molar-refractivity contribution is 5.68. The highest BCUT2D eigenvalue weighted by atomic mass is 19.3. The van der Waals surface area contributed by atoms with Crippen LogP contribution in [0.25, 0.3) is 0 Å². The lowest BCUT2D eigenvalue weighted by molar-refractivity contribution is -0.148. The van der Waals surface area contributed by atoms with Crippen molar-refractivity contribution in [1.29, 1.82) is 0 Å². The summed E-state index contributed by atoms with van der Waals surface area (Å²) >= 11 is 0. The third-order valence-corrected chi connectivity index (χ3v) is 7.48. The van der Waals surface area contributed by atoms with Crippen LogP contribution in [0.5, 0.6) is 0 Å². The van der Waals surface area contributed by atoms with Gasteiger partial charge in [-0.2, -0.15) is 17.6 Å². The summed E-state index contributed by atoms with van der Waals surface area (Å²) in [6.07, 6.45) is 7.74. The zero-order valence-corrected chi connectivity index (χ0v) is 29.6. The summed E-state index contributed by atoms with van der Waals surface area (Å²) in [5, 5.41) is 31.2. The summed E-state index contributed by atoms with van der Waals surface area (Å²) in [5.74, 6) is -7.52. The Morgan fingerprint density at radius 1 is 0.780 bits per heavy atom. The van der Waals surface area contributed by atoms with Crippen molar-refractivity contribution in [3.63, 3.8) is 0 Å². The van der Waals surface area contributed by atoms with Crippen LogP contribution in [0, 0.1) is 36.3 Å². The molecule has 2 aromatic rings. The summed E-state index contributed by atoms with van der Waals surface area (Å²) < 4.78 is 92.2. The van der Waals surface area contributed by atoms with Gasteiger partial charge in [0.1, 0.15) is 17.2 Å². The van der Waals surface area contributed by atoms with E-state index in [4.69, 9.17) is 17.6 Å². The van der Waals surface area contributed by atoms with E-state index in [9.17, 15) is 51.3 Å². The molecule has 0 aromatic heterocycles. The number of aliphatic hydroxyl groups is 2. The SMILES string of the molecule is C#CC(C)(O)C(F)(F)c1cccc([C@@H](C)N(C(=O)O)C(C)(C)C)c1F.C#C[C@@](C)(O)C(F)(F)c1cccc([C@@H](C)NC(=O)OC(C)(C)C)c1F. The maximum atomic E-state index is 14.8. The van der Waals surface area contributed by atoms with Crippen molar-refractivity contribution in [3.8, 4) is 24.7 Å². The van der Waals surface area contributed by atoms with E-state index in [1.807, 2.05) is 0 Å². The molecule has 2 aromatic carbocycles. The molecule has 8 nitrogen and oxygen atoms in total. The first-order valence-electron chi connectivity index (χ1n) is 15.2. The van der Waals surface area contributed by atoms with E-state index < -0.39 is 81.2 Å². The minimum Gasteiger partial charge on any atom is -0.465 e. The second kappa shape index (κ2) is 15.2. The Kier molecular flexibility index (Phi) is 13.3. The normalized spacial score (nSPS) is 15.8. The third kappa shape index (κ3) is 9.64. The smallest absolute Gasteiger partial charge is 0.408 e. The highest BCUT2D eigenvalue weighted by Gasteiger charge is 2.52. The van der Waals surface area contributed by atoms with Crippen molar-refractivity contribution in [2.45, 2.75) is 116 Å². The van der Waals surface area contributed by atoms with Crippen molar-refractivity contribution in [3.05, 3.63) is 70.3 Å². The fourth-order valence-electron chi connectivity index (χ4n) is 4.68. The van der Waals surface area contributed by atoms with Crippen LogP contribution in [0.4, 0.5) is 35.9 Å². The Morgan fingerprint density at radius 2 is 1.16 bits per heavy atom. The topological polar surface area (TPSA) is 119 Å². The van der Waals surface area contributed by atoms with Gasteiger partial charge in [0.25, 0.3) is 0 Å². The number of terminal acetylenes is 2. The van der Waals surface area contributed by atoms with Gasteiger partial charge in [-0.15, -0.1) is 12.8 Å². The second-order valence-electron chi connectivity index (χ2n) is 13.9. The van der Waals surface area contributed by atoms with Crippen LogP contribution < -0.4 is 5.32 Å². The Balaban J connectivity index is 0.000000500. The molecule has 276 valence electrons. The number of hydrogen-bond acceptors (Lipinski definition) is 5. The quantitative estimate of drug-likeness (QED) is 0.163. The molecular weight excluding hydrogens is 670 g/mol. The number of alkyl carbamates (subject to hydrolysis) is 1. The summed E-state index contributed by atoms with van der Waals surface area (Å²) in [7, 11) is 0. The predicted molar refractivity (Wildman–Crippen MR) is 175 cm³/mol. The van der Waals surface area contributed by atoms with Crippen LogP contribution in [0.3, 0.4) is 0 Å². The van der Waals surface area contributed by atoms with E-state index in [1.54, 1.807) is 53.4 Å². The molecule has 50 heavy (non-hydrogen) atoms. The first-order chi connectivity index (χ1) is 22.4. The lowest BCUT2D eigenvalue weighted by Crippen LogP contribution is -2.47. The minimum atomic E-state index is -4.06. The molecule has 0 aliphatic carbocycles. The maximum absolute atomic E-state index is 14.8. The van der Waals surface area contributed by atoms with Crippen LogP contribution in [0.15, 0.2) is 36.4 Å². The van der Waals surface area contributed by atoms with Gasteiger partial charge >= 0.3 is 24.0 Å². The molecule has 0 heterocycles. The van der Waals surface area contributed by atoms with Crippen molar-refractivity contribution in [2.75, 3.05) is 0 Å². The van der Waals surface area contributed by atoms with E-state index in [0.29, 0.717) is 6.92 Å². The molecule has 0 saturated heterocycles. The van der Waals surface area contributed by atoms with Crippen molar-refractivity contribution in [1.82, 2.24) is 10.2 Å². The summed E-state index contributed by atoms with van der Waals surface area (Å²) in [6, 6.07) is 4.53. The number of benzene rings is 2. The fraction of sp³-hybridized carbons (Fsp3) is 0.500. The molecule has 0 bridgehead atoms. The van der Waals surface area contributed by atoms with Crippen LogP contribution in [-0.4, -0.2) is 54.7 Å². The zero-order valence-electron chi connectivity index (χ0n) is 29.6. The molecule has 0 saturated carbocycles. The lowest BCUT2D eigenvalue weighted by Gasteiger charge is -2.38.